The zero-order chi connectivity index (χ0) is 10.7. The van der Waals surface area contributed by atoms with E-state index in [0.29, 0.717) is 5.69 Å². The third-order valence-corrected chi connectivity index (χ3v) is 3.47. The summed E-state index contributed by atoms with van der Waals surface area (Å²) in [5.74, 6) is 0.899. The van der Waals surface area contributed by atoms with Crippen molar-refractivity contribution in [2.75, 3.05) is 23.7 Å². The van der Waals surface area contributed by atoms with Crippen molar-refractivity contribution in [2.45, 2.75) is 13.8 Å². The number of hydrogen-bond acceptors (Lipinski definition) is 3. The second-order valence-electron chi connectivity index (χ2n) is 2.83. The molecule has 0 saturated heterocycles. The summed E-state index contributed by atoms with van der Waals surface area (Å²) in [7, 11) is 0. The summed E-state index contributed by atoms with van der Waals surface area (Å²) in [6, 6.07) is 0. The molecule has 0 atom stereocenters. The van der Waals surface area contributed by atoms with Gasteiger partial charge in [0.1, 0.15) is 5.82 Å². The van der Waals surface area contributed by atoms with Crippen LogP contribution in [0.5, 0.6) is 0 Å². The number of nitrogens with zero attached hydrogens (tertiary/aromatic N) is 2. The Kier molecular flexibility index (Phi) is 4.19. The SMILES string of the molecule is CCN(CC)c1ncc(Br)c(N)c1Br. The van der Waals surface area contributed by atoms with E-state index in [1.807, 2.05) is 0 Å². The van der Waals surface area contributed by atoms with Crippen molar-refractivity contribution in [3.05, 3.63) is 15.1 Å². The van der Waals surface area contributed by atoms with E-state index in [9.17, 15) is 0 Å². The van der Waals surface area contributed by atoms with E-state index in [2.05, 4.69) is 55.6 Å². The molecule has 0 aliphatic rings. The lowest BCUT2D eigenvalue weighted by Crippen LogP contribution is -2.23. The second kappa shape index (κ2) is 4.98. The van der Waals surface area contributed by atoms with Crippen LogP contribution in [0.25, 0.3) is 0 Å². The van der Waals surface area contributed by atoms with Gasteiger partial charge in [0.15, 0.2) is 0 Å². The molecule has 0 unspecified atom stereocenters. The molecule has 2 N–H and O–H groups in total. The van der Waals surface area contributed by atoms with Crippen molar-refractivity contribution in [1.29, 1.82) is 0 Å². The van der Waals surface area contributed by atoms with Crippen molar-refractivity contribution >= 4 is 43.4 Å². The lowest BCUT2D eigenvalue weighted by atomic mass is 10.3. The van der Waals surface area contributed by atoms with E-state index in [0.717, 1.165) is 27.9 Å². The molecule has 1 rings (SSSR count). The highest BCUT2D eigenvalue weighted by atomic mass is 79.9. The Labute approximate surface area is 101 Å². The van der Waals surface area contributed by atoms with Crippen LogP contribution >= 0.6 is 31.9 Å². The first kappa shape index (κ1) is 11.8. The topological polar surface area (TPSA) is 42.2 Å². The zero-order valence-electron chi connectivity index (χ0n) is 8.22. The minimum absolute atomic E-state index is 0.696. The van der Waals surface area contributed by atoms with E-state index in [1.165, 1.54) is 0 Å². The lowest BCUT2D eigenvalue weighted by molar-refractivity contribution is 0.843. The molecule has 3 nitrogen and oxygen atoms in total. The quantitative estimate of drug-likeness (QED) is 0.930. The summed E-state index contributed by atoms with van der Waals surface area (Å²) in [6.45, 7) is 6.03. The Morgan fingerprint density at radius 2 is 1.93 bits per heavy atom. The molecule has 78 valence electrons. The smallest absolute Gasteiger partial charge is 0.145 e. The van der Waals surface area contributed by atoms with Crippen LogP contribution in [0.15, 0.2) is 15.1 Å². The molecule has 14 heavy (non-hydrogen) atoms. The van der Waals surface area contributed by atoms with Crippen LogP contribution in [-0.4, -0.2) is 18.1 Å². The maximum atomic E-state index is 5.87. The van der Waals surface area contributed by atoms with Crippen LogP contribution in [0.4, 0.5) is 11.5 Å². The van der Waals surface area contributed by atoms with Gasteiger partial charge in [0, 0.05) is 19.3 Å². The van der Waals surface area contributed by atoms with Gasteiger partial charge in [-0.2, -0.15) is 0 Å². The molecule has 0 aliphatic heterocycles. The summed E-state index contributed by atoms with van der Waals surface area (Å²) in [6.07, 6.45) is 1.73. The summed E-state index contributed by atoms with van der Waals surface area (Å²) < 4.78 is 1.68. The van der Waals surface area contributed by atoms with E-state index in [1.54, 1.807) is 6.20 Å². The van der Waals surface area contributed by atoms with E-state index in [-0.39, 0.29) is 0 Å². The van der Waals surface area contributed by atoms with Gasteiger partial charge in [0.2, 0.25) is 0 Å². The van der Waals surface area contributed by atoms with E-state index >= 15 is 0 Å². The van der Waals surface area contributed by atoms with Gasteiger partial charge in [0.25, 0.3) is 0 Å². The van der Waals surface area contributed by atoms with Crippen molar-refractivity contribution in [2.24, 2.45) is 0 Å². The largest absolute Gasteiger partial charge is 0.397 e. The molecule has 1 aromatic rings. The van der Waals surface area contributed by atoms with Gasteiger partial charge in [-0.1, -0.05) is 0 Å². The molecule has 5 heteroatoms. The van der Waals surface area contributed by atoms with Gasteiger partial charge >= 0.3 is 0 Å². The average molecular weight is 323 g/mol. The standard InChI is InChI=1S/C9H13Br2N3/c1-3-14(4-2)9-7(11)8(12)6(10)5-13-9/h5H,3-4H2,1-2H3,(H2,12,13). The molecule has 0 aliphatic carbocycles. The third kappa shape index (κ3) is 2.20. The number of anilines is 2. The molecule has 0 aromatic carbocycles. The van der Waals surface area contributed by atoms with Crippen molar-refractivity contribution in [1.82, 2.24) is 4.98 Å². The Morgan fingerprint density at radius 3 is 2.43 bits per heavy atom. The van der Waals surface area contributed by atoms with Crippen LogP contribution in [-0.2, 0) is 0 Å². The van der Waals surface area contributed by atoms with Crippen LogP contribution < -0.4 is 10.6 Å². The fourth-order valence-electron chi connectivity index (χ4n) is 1.21. The molecule has 0 saturated carbocycles. The van der Waals surface area contributed by atoms with Gasteiger partial charge in [-0.15, -0.1) is 0 Å². The van der Waals surface area contributed by atoms with Gasteiger partial charge in [-0.3, -0.25) is 0 Å². The first-order chi connectivity index (χ1) is 6.61. The minimum atomic E-state index is 0.696. The van der Waals surface area contributed by atoms with Gasteiger partial charge in [-0.05, 0) is 45.7 Å². The second-order valence-corrected chi connectivity index (χ2v) is 4.48. The first-order valence-corrected chi connectivity index (χ1v) is 6.04. The summed E-state index contributed by atoms with van der Waals surface area (Å²) >= 11 is 6.79. The van der Waals surface area contributed by atoms with Crippen LogP contribution in [0.3, 0.4) is 0 Å². The maximum absolute atomic E-state index is 5.87. The van der Waals surface area contributed by atoms with Crippen molar-refractivity contribution in [3.63, 3.8) is 0 Å². The first-order valence-electron chi connectivity index (χ1n) is 4.46. The number of nitrogen functional groups attached to an aromatic ring is 1. The highest BCUT2D eigenvalue weighted by Crippen LogP contribution is 2.34. The van der Waals surface area contributed by atoms with Crippen LogP contribution in [0.1, 0.15) is 13.8 Å². The van der Waals surface area contributed by atoms with Crippen molar-refractivity contribution < 1.29 is 0 Å². The number of hydrogen-bond donors (Lipinski definition) is 1. The van der Waals surface area contributed by atoms with Crippen LogP contribution in [0.2, 0.25) is 0 Å². The normalized spacial score (nSPS) is 10.3. The number of rotatable bonds is 3. The fourth-order valence-corrected chi connectivity index (χ4v) is 2.35. The van der Waals surface area contributed by atoms with Crippen LogP contribution in [0, 0.1) is 0 Å². The highest BCUT2D eigenvalue weighted by molar-refractivity contribution is 9.11. The third-order valence-electron chi connectivity index (χ3n) is 2.05. The molecule has 0 fully saturated rings. The molecule has 0 amide bonds. The Balaban J connectivity index is 3.16. The van der Waals surface area contributed by atoms with Gasteiger partial charge < -0.3 is 10.6 Å². The minimum Gasteiger partial charge on any atom is -0.397 e. The Bertz CT molecular complexity index is 324. The molecule has 0 bridgehead atoms. The Morgan fingerprint density at radius 1 is 1.36 bits per heavy atom. The summed E-state index contributed by atoms with van der Waals surface area (Å²) in [4.78, 5) is 6.48. The average Bonchev–Trinajstić information content (AvgIpc) is 2.19. The number of halogens is 2. The number of aromatic nitrogens is 1. The van der Waals surface area contributed by atoms with E-state index < -0.39 is 0 Å². The predicted octanol–water partition coefficient (Wildman–Crippen LogP) is 3.04. The van der Waals surface area contributed by atoms with Gasteiger partial charge in [0.05, 0.1) is 14.6 Å². The zero-order valence-corrected chi connectivity index (χ0v) is 11.4. The molecular weight excluding hydrogens is 310 g/mol. The fraction of sp³-hybridized carbons (Fsp3) is 0.444. The monoisotopic (exact) mass is 321 g/mol. The predicted molar refractivity (Wildman–Crippen MR) is 67.6 cm³/mol. The molecule has 0 spiro atoms. The van der Waals surface area contributed by atoms with Gasteiger partial charge in [-0.25, -0.2) is 4.98 Å². The van der Waals surface area contributed by atoms with E-state index in [4.69, 9.17) is 5.73 Å². The highest BCUT2D eigenvalue weighted by Gasteiger charge is 2.12. The molecule has 0 radical (unpaired) electrons. The molecule has 1 aromatic heterocycles. The summed E-state index contributed by atoms with van der Waals surface area (Å²) in [5.41, 5.74) is 6.57. The maximum Gasteiger partial charge on any atom is 0.145 e. The molecular formula is C9H13Br2N3. The Hall–Kier alpha value is -0.290. The van der Waals surface area contributed by atoms with Crippen molar-refractivity contribution in [3.8, 4) is 0 Å². The summed E-state index contributed by atoms with van der Waals surface area (Å²) in [5, 5.41) is 0. The number of pyridine rings is 1. The molecule has 1 heterocycles. The lowest BCUT2D eigenvalue weighted by Gasteiger charge is -2.21. The number of nitrogens with two attached hydrogens (primary N) is 1.